The van der Waals surface area contributed by atoms with Crippen LogP contribution in [0.5, 0.6) is 0 Å². The van der Waals surface area contributed by atoms with Crippen molar-refractivity contribution in [3.8, 4) is 0 Å². The second kappa shape index (κ2) is 6.02. The van der Waals surface area contributed by atoms with Gasteiger partial charge < -0.3 is 10.6 Å². The van der Waals surface area contributed by atoms with Gasteiger partial charge in [-0.15, -0.1) is 0 Å². The minimum atomic E-state index is 0.113. The van der Waals surface area contributed by atoms with Gasteiger partial charge in [0.15, 0.2) is 0 Å². The van der Waals surface area contributed by atoms with Crippen LogP contribution in [0.15, 0.2) is 0 Å². The molecule has 0 aromatic carbocycles. The molecule has 2 N–H and O–H groups in total. The van der Waals surface area contributed by atoms with Crippen molar-refractivity contribution in [2.45, 2.75) is 45.6 Å². The largest absolute Gasteiger partial charge is 0.355 e. The fourth-order valence-electron chi connectivity index (χ4n) is 1.65. The lowest BCUT2D eigenvalue weighted by Gasteiger charge is -2.15. The van der Waals surface area contributed by atoms with Crippen LogP contribution in [-0.2, 0) is 4.79 Å². The molecular weight excluding hydrogens is 176 g/mol. The molecule has 1 aliphatic carbocycles. The monoisotopic (exact) mass is 198 g/mol. The van der Waals surface area contributed by atoms with Crippen molar-refractivity contribution >= 4 is 5.91 Å². The quantitative estimate of drug-likeness (QED) is 0.647. The smallest absolute Gasteiger partial charge is 0.233 e. The minimum absolute atomic E-state index is 0.113. The molecular formula is C11H22N2O. The molecule has 3 nitrogen and oxygen atoms in total. The second-order valence-corrected chi connectivity index (χ2v) is 4.12. The van der Waals surface area contributed by atoms with Gasteiger partial charge in [-0.05, 0) is 25.7 Å². The summed E-state index contributed by atoms with van der Waals surface area (Å²) in [5.74, 6) is 1.04. The number of hydrogen-bond donors (Lipinski definition) is 2. The fraction of sp³-hybridized carbons (Fsp3) is 0.909. The van der Waals surface area contributed by atoms with Crippen molar-refractivity contribution in [2.24, 2.45) is 5.92 Å². The third-order valence-electron chi connectivity index (χ3n) is 2.73. The van der Waals surface area contributed by atoms with Crippen LogP contribution in [0.1, 0.15) is 39.5 Å². The molecule has 14 heavy (non-hydrogen) atoms. The van der Waals surface area contributed by atoms with Crippen molar-refractivity contribution < 1.29 is 4.79 Å². The van der Waals surface area contributed by atoms with E-state index in [4.69, 9.17) is 0 Å². The average Bonchev–Trinajstić information content (AvgIpc) is 2.96. The lowest BCUT2D eigenvalue weighted by atomic mass is 10.1. The SMILES string of the molecule is CCNC(=O)CNC(CC)CC1CC1. The molecule has 0 radical (unpaired) electrons. The Hall–Kier alpha value is -0.570. The Balaban J connectivity index is 2.09. The van der Waals surface area contributed by atoms with Gasteiger partial charge in [0.2, 0.25) is 5.91 Å². The first kappa shape index (κ1) is 11.5. The van der Waals surface area contributed by atoms with E-state index in [2.05, 4.69) is 17.6 Å². The van der Waals surface area contributed by atoms with E-state index in [1.54, 1.807) is 0 Å². The van der Waals surface area contributed by atoms with Crippen LogP contribution in [0.25, 0.3) is 0 Å². The van der Waals surface area contributed by atoms with Crippen molar-refractivity contribution in [1.29, 1.82) is 0 Å². The number of nitrogens with one attached hydrogen (secondary N) is 2. The summed E-state index contributed by atoms with van der Waals surface area (Å²) in [5, 5.41) is 6.11. The van der Waals surface area contributed by atoms with Crippen molar-refractivity contribution in [3.63, 3.8) is 0 Å². The highest BCUT2D eigenvalue weighted by molar-refractivity contribution is 5.77. The molecule has 1 unspecified atom stereocenters. The summed E-state index contributed by atoms with van der Waals surface area (Å²) >= 11 is 0. The third kappa shape index (κ3) is 4.61. The molecule has 1 saturated carbocycles. The molecule has 1 atom stereocenters. The molecule has 3 heteroatoms. The molecule has 1 aliphatic rings. The summed E-state index contributed by atoms with van der Waals surface area (Å²) in [5.41, 5.74) is 0. The molecule has 0 bridgehead atoms. The zero-order chi connectivity index (χ0) is 10.4. The molecule has 1 amide bonds. The zero-order valence-electron chi connectivity index (χ0n) is 9.31. The van der Waals surface area contributed by atoms with Crippen LogP contribution in [0.2, 0.25) is 0 Å². The third-order valence-corrected chi connectivity index (χ3v) is 2.73. The van der Waals surface area contributed by atoms with Gasteiger partial charge in [0.1, 0.15) is 0 Å². The maximum absolute atomic E-state index is 11.2. The summed E-state index contributed by atoms with van der Waals surface area (Å²) in [6.07, 6.45) is 5.14. The number of likely N-dealkylation sites (N-methyl/N-ethyl adjacent to an activating group) is 1. The molecule has 0 aliphatic heterocycles. The summed E-state index contributed by atoms with van der Waals surface area (Å²) in [4.78, 5) is 11.2. The maximum atomic E-state index is 11.2. The number of carbonyl (C=O) groups is 1. The van der Waals surface area contributed by atoms with Crippen LogP contribution in [0.4, 0.5) is 0 Å². The minimum Gasteiger partial charge on any atom is -0.355 e. The Labute approximate surface area is 86.6 Å². The average molecular weight is 198 g/mol. The van der Waals surface area contributed by atoms with Gasteiger partial charge in [-0.1, -0.05) is 19.8 Å². The van der Waals surface area contributed by atoms with E-state index < -0.39 is 0 Å². The van der Waals surface area contributed by atoms with Gasteiger partial charge in [-0.25, -0.2) is 0 Å². The molecule has 0 aromatic heterocycles. The molecule has 0 spiro atoms. The first-order valence-electron chi connectivity index (χ1n) is 5.76. The van der Waals surface area contributed by atoms with E-state index in [9.17, 15) is 4.79 Å². The van der Waals surface area contributed by atoms with Gasteiger partial charge in [-0.2, -0.15) is 0 Å². The van der Waals surface area contributed by atoms with Crippen LogP contribution >= 0.6 is 0 Å². The van der Waals surface area contributed by atoms with Crippen molar-refractivity contribution in [3.05, 3.63) is 0 Å². The fourth-order valence-corrected chi connectivity index (χ4v) is 1.65. The molecule has 0 saturated heterocycles. The Morgan fingerprint density at radius 1 is 1.43 bits per heavy atom. The van der Waals surface area contributed by atoms with E-state index in [0.717, 1.165) is 18.9 Å². The van der Waals surface area contributed by atoms with E-state index in [1.807, 2.05) is 6.92 Å². The molecule has 1 fully saturated rings. The maximum Gasteiger partial charge on any atom is 0.233 e. The van der Waals surface area contributed by atoms with Crippen LogP contribution < -0.4 is 10.6 Å². The van der Waals surface area contributed by atoms with Gasteiger partial charge in [0, 0.05) is 12.6 Å². The van der Waals surface area contributed by atoms with Crippen LogP contribution in [-0.4, -0.2) is 25.0 Å². The highest BCUT2D eigenvalue weighted by Crippen LogP contribution is 2.33. The summed E-state index contributed by atoms with van der Waals surface area (Å²) in [6, 6.07) is 0.533. The number of hydrogen-bond acceptors (Lipinski definition) is 2. The highest BCUT2D eigenvalue weighted by atomic mass is 16.1. The van der Waals surface area contributed by atoms with E-state index >= 15 is 0 Å². The van der Waals surface area contributed by atoms with Crippen LogP contribution in [0, 0.1) is 5.92 Å². The summed E-state index contributed by atoms with van der Waals surface area (Å²) < 4.78 is 0. The number of carbonyl (C=O) groups excluding carboxylic acids is 1. The molecule has 0 heterocycles. The van der Waals surface area contributed by atoms with Crippen molar-refractivity contribution in [1.82, 2.24) is 10.6 Å². The Kier molecular flexibility index (Phi) is 4.94. The number of amides is 1. The first-order valence-corrected chi connectivity index (χ1v) is 5.76. The number of rotatable bonds is 7. The Bertz CT molecular complexity index is 178. The van der Waals surface area contributed by atoms with E-state index in [0.29, 0.717) is 12.6 Å². The predicted molar refractivity (Wildman–Crippen MR) is 58.1 cm³/mol. The zero-order valence-corrected chi connectivity index (χ0v) is 9.31. The second-order valence-electron chi connectivity index (χ2n) is 4.12. The van der Waals surface area contributed by atoms with E-state index in [1.165, 1.54) is 19.3 Å². The first-order chi connectivity index (χ1) is 6.76. The molecule has 82 valence electrons. The predicted octanol–water partition coefficient (Wildman–Crippen LogP) is 1.29. The Morgan fingerprint density at radius 3 is 2.64 bits per heavy atom. The topological polar surface area (TPSA) is 41.1 Å². The van der Waals surface area contributed by atoms with Gasteiger partial charge in [-0.3, -0.25) is 4.79 Å². The standard InChI is InChI=1S/C11H22N2O/c1-3-10(7-9-5-6-9)13-8-11(14)12-4-2/h9-10,13H,3-8H2,1-2H3,(H,12,14). The lowest BCUT2D eigenvalue weighted by molar-refractivity contribution is -0.120. The molecule has 0 aromatic rings. The summed E-state index contributed by atoms with van der Waals surface area (Å²) in [6.45, 7) is 5.32. The molecule has 1 rings (SSSR count). The lowest BCUT2D eigenvalue weighted by Crippen LogP contribution is -2.39. The highest BCUT2D eigenvalue weighted by Gasteiger charge is 2.24. The van der Waals surface area contributed by atoms with E-state index in [-0.39, 0.29) is 5.91 Å². The van der Waals surface area contributed by atoms with Crippen LogP contribution in [0.3, 0.4) is 0 Å². The Morgan fingerprint density at radius 2 is 2.14 bits per heavy atom. The summed E-state index contributed by atoms with van der Waals surface area (Å²) in [7, 11) is 0. The van der Waals surface area contributed by atoms with Gasteiger partial charge >= 0.3 is 0 Å². The van der Waals surface area contributed by atoms with Crippen molar-refractivity contribution in [2.75, 3.05) is 13.1 Å². The van der Waals surface area contributed by atoms with Gasteiger partial charge in [0.25, 0.3) is 0 Å². The van der Waals surface area contributed by atoms with Gasteiger partial charge in [0.05, 0.1) is 6.54 Å². The normalized spacial score (nSPS) is 17.9.